The van der Waals surface area contributed by atoms with E-state index in [0.29, 0.717) is 0 Å². The summed E-state index contributed by atoms with van der Waals surface area (Å²) in [6, 6.07) is 4.58. The fourth-order valence-corrected chi connectivity index (χ4v) is 1.97. The van der Waals surface area contributed by atoms with Crippen LogP contribution in [0.2, 0.25) is 0 Å². The Kier molecular flexibility index (Phi) is 1.97. The van der Waals surface area contributed by atoms with Crippen molar-refractivity contribution in [3.05, 3.63) is 40.5 Å². The summed E-state index contributed by atoms with van der Waals surface area (Å²) in [5, 5.41) is 0. The fraction of sp³-hybridized carbons (Fsp3) is 0.333. The molecule has 68 valence electrons. The van der Waals surface area contributed by atoms with Crippen LogP contribution < -0.4 is 5.73 Å². The van der Waals surface area contributed by atoms with Crippen LogP contribution in [0.25, 0.3) is 6.08 Å². The smallest absolute Gasteiger partial charge is 0.0269 e. The molecule has 1 aliphatic carbocycles. The molecule has 0 saturated heterocycles. The highest BCUT2D eigenvalue weighted by Crippen LogP contribution is 2.27. The molecule has 1 heteroatoms. The Bertz CT molecular complexity index is 362. The Balaban J connectivity index is 2.59. The van der Waals surface area contributed by atoms with Gasteiger partial charge in [-0.05, 0) is 37.0 Å². The van der Waals surface area contributed by atoms with Crippen molar-refractivity contribution in [1.29, 1.82) is 0 Å². The zero-order valence-corrected chi connectivity index (χ0v) is 8.17. The first kappa shape index (κ1) is 8.52. The molecule has 0 radical (unpaired) electrons. The van der Waals surface area contributed by atoms with Crippen molar-refractivity contribution in [1.82, 2.24) is 0 Å². The Hall–Kier alpha value is -1.08. The second-order valence-electron chi connectivity index (χ2n) is 3.82. The van der Waals surface area contributed by atoms with E-state index in [4.69, 9.17) is 5.73 Å². The first-order valence-corrected chi connectivity index (χ1v) is 4.74. The minimum Gasteiger partial charge on any atom is -0.324 e. The number of rotatable bonds is 1. The topological polar surface area (TPSA) is 26.0 Å². The molecule has 13 heavy (non-hydrogen) atoms. The highest BCUT2D eigenvalue weighted by atomic mass is 14.6. The van der Waals surface area contributed by atoms with E-state index in [2.05, 4.69) is 31.2 Å². The van der Waals surface area contributed by atoms with Gasteiger partial charge in [-0.3, -0.25) is 0 Å². The Labute approximate surface area is 79.3 Å². The summed E-state index contributed by atoms with van der Waals surface area (Å²) in [4.78, 5) is 0. The second-order valence-corrected chi connectivity index (χ2v) is 3.82. The molecular weight excluding hydrogens is 158 g/mol. The lowest BCUT2D eigenvalue weighted by molar-refractivity contribution is 0.805. The highest BCUT2D eigenvalue weighted by Gasteiger charge is 2.13. The molecule has 2 rings (SSSR count). The minimum atomic E-state index is 0.147. The lowest BCUT2D eigenvalue weighted by atomic mass is 9.96. The van der Waals surface area contributed by atoms with Crippen LogP contribution in [0.3, 0.4) is 0 Å². The van der Waals surface area contributed by atoms with Crippen molar-refractivity contribution in [2.75, 3.05) is 0 Å². The minimum absolute atomic E-state index is 0.147. The van der Waals surface area contributed by atoms with Crippen LogP contribution >= 0.6 is 0 Å². The lowest BCUT2D eigenvalue weighted by Gasteiger charge is -2.13. The third kappa shape index (κ3) is 1.40. The first-order chi connectivity index (χ1) is 6.18. The van der Waals surface area contributed by atoms with E-state index in [9.17, 15) is 0 Å². The van der Waals surface area contributed by atoms with E-state index in [-0.39, 0.29) is 6.04 Å². The fourth-order valence-electron chi connectivity index (χ4n) is 1.97. The van der Waals surface area contributed by atoms with Gasteiger partial charge in [0.15, 0.2) is 0 Å². The number of nitrogens with two attached hydrogens (primary N) is 1. The predicted molar refractivity (Wildman–Crippen MR) is 56.5 cm³/mol. The molecule has 0 aromatic heterocycles. The van der Waals surface area contributed by atoms with Crippen molar-refractivity contribution in [2.24, 2.45) is 5.73 Å². The molecule has 1 aromatic carbocycles. The maximum atomic E-state index is 5.93. The summed E-state index contributed by atoms with van der Waals surface area (Å²) >= 11 is 0. The quantitative estimate of drug-likeness (QED) is 0.694. The van der Waals surface area contributed by atoms with Crippen molar-refractivity contribution in [3.63, 3.8) is 0 Å². The number of allylic oxidation sites excluding steroid dienone is 1. The molecule has 1 atom stereocenters. The molecule has 0 amide bonds. The van der Waals surface area contributed by atoms with E-state index >= 15 is 0 Å². The summed E-state index contributed by atoms with van der Waals surface area (Å²) in [5.41, 5.74) is 11.3. The van der Waals surface area contributed by atoms with Gasteiger partial charge in [-0.15, -0.1) is 0 Å². The van der Waals surface area contributed by atoms with E-state index in [1.54, 1.807) is 0 Å². The molecule has 0 spiro atoms. The monoisotopic (exact) mass is 173 g/mol. The van der Waals surface area contributed by atoms with Gasteiger partial charge in [0.2, 0.25) is 0 Å². The summed E-state index contributed by atoms with van der Waals surface area (Å²) in [7, 11) is 0. The zero-order valence-electron chi connectivity index (χ0n) is 8.17. The largest absolute Gasteiger partial charge is 0.324 e. The first-order valence-electron chi connectivity index (χ1n) is 4.74. The summed E-state index contributed by atoms with van der Waals surface area (Å²) in [5.74, 6) is 0. The Morgan fingerprint density at radius 3 is 2.85 bits per heavy atom. The average molecular weight is 173 g/mol. The molecule has 1 aliphatic rings. The van der Waals surface area contributed by atoms with Gasteiger partial charge in [0.25, 0.3) is 0 Å². The summed E-state index contributed by atoms with van der Waals surface area (Å²) < 4.78 is 0. The number of aryl methyl sites for hydroxylation is 1. The standard InChI is InChI=1S/C12H15N/c1-8-6-10-4-3-5-11(10)12(7-8)9(2)13/h3-4,6-7,9H,5,13H2,1-2H3. The third-order valence-corrected chi connectivity index (χ3v) is 2.57. The van der Waals surface area contributed by atoms with Crippen molar-refractivity contribution in [2.45, 2.75) is 26.3 Å². The average Bonchev–Trinajstić information content (AvgIpc) is 2.49. The van der Waals surface area contributed by atoms with Crippen LogP contribution in [-0.2, 0) is 6.42 Å². The van der Waals surface area contributed by atoms with Crippen LogP contribution in [0.15, 0.2) is 18.2 Å². The number of benzene rings is 1. The van der Waals surface area contributed by atoms with Gasteiger partial charge in [-0.1, -0.05) is 29.8 Å². The van der Waals surface area contributed by atoms with E-state index < -0.39 is 0 Å². The highest BCUT2D eigenvalue weighted by molar-refractivity contribution is 5.63. The summed E-state index contributed by atoms with van der Waals surface area (Å²) in [6.07, 6.45) is 5.44. The molecular formula is C12H15N. The third-order valence-electron chi connectivity index (χ3n) is 2.57. The van der Waals surface area contributed by atoms with Crippen LogP contribution in [-0.4, -0.2) is 0 Å². The van der Waals surface area contributed by atoms with Crippen molar-refractivity contribution < 1.29 is 0 Å². The van der Waals surface area contributed by atoms with Gasteiger partial charge in [-0.25, -0.2) is 0 Å². The number of fused-ring (bicyclic) bond motifs is 1. The van der Waals surface area contributed by atoms with Gasteiger partial charge in [-0.2, -0.15) is 0 Å². The Morgan fingerprint density at radius 2 is 2.15 bits per heavy atom. The molecule has 0 fully saturated rings. The molecule has 0 heterocycles. The molecule has 2 N–H and O–H groups in total. The molecule has 0 bridgehead atoms. The molecule has 1 aromatic rings. The normalized spacial score (nSPS) is 15.9. The number of hydrogen-bond donors (Lipinski definition) is 1. The van der Waals surface area contributed by atoms with Gasteiger partial charge < -0.3 is 5.73 Å². The predicted octanol–water partition coefficient (Wildman–Crippen LogP) is 2.58. The van der Waals surface area contributed by atoms with E-state index in [1.807, 2.05) is 6.92 Å². The van der Waals surface area contributed by atoms with E-state index in [0.717, 1.165) is 6.42 Å². The lowest BCUT2D eigenvalue weighted by Crippen LogP contribution is -2.08. The maximum Gasteiger partial charge on any atom is 0.0269 e. The molecule has 1 unspecified atom stereocenters. The van der Waals surface area contributed by atoms with Crippen LogP contribution in [0.1, 0.15) is 35.2 Å². The van der Waals surface area contributed by atoms with Crippen LogP contribution in [0.4, 0.5) is 0 Å². The van der Waals surface area contributed by atoms with E-state index in [1.165, 1.54) is 22.3 Å². The molecule has 0 saturated carbocycles. The summed E-state index contributed by atoms with van der Waals surface area (Å²) in [6.45, 7) is 4.17. The molecule has 1 nitrogen and oxygen atoms in total. The maximum absolute atomic E-state index is 5.93. The second kappa shape index (κ2) is 3.00. The van der Waals surface area contributed by atoms with Crippen LogP contribution in [0, 0.1) is 6.92 Å². The van der Waals surface area contributed by atoms with Gasteiger partial charge in [0, 0.05) is 6.04 Å². The van der Waals surface area contributed by atoms with Gasteiger partial charge >= 0.3 is 0 Å². The Morgan fingerprint density at radius 1 is 1.38 bits per heavy atom. The van der Waals surface area contributed by atoms with Gasteiger partial charge in [0.1, 0.15) is 0 Å². The zero-order chi connectivity index (χ0) is 9.42. The van der Waals surface area contributed by atoms with Gasteiger partial charge in [0.05, 0.1) is 0 Å². The van der Waals surface area contributed by atoms with Crippen molar-refractivity contribution in [3.8, 4) is 0 Å². The SMILES string of the molecule is Cc1cc2c(c(C(C)N)c1)CC=C2. The van der Waals surface area contributed by atoms with Crippen LogP contribution in [0.5, 0.6) is 0 Å². The van der Waals surface area contributed by atoms with Crippen molar-refractivity contribution >= 4 is 6.08 Å². The molecule has 0 aliphatic heterocycles. The number of hydrogen-bond acceptors (Lipinski definition) is 1.